The van der Waals surface area contributed by atoms with Gasteiger partial charge in [0.15, 0.2) is 5.13 Å². The Labute approximate surface area is 128 Å². The molecule has 106 valence electrons. The highest BCUT2D eigenvalue weighted by Crippen LogP contribution is 2.28. The average molecular weight is 320 g/mol. The Morgan fingerprint density at radius 1 is 1.38 bits per heavy atom. The minimum Gasteiger partial charge on any atom is -0.318 e. The van der Waals surface area contributed by atoms with Crippen molar-refractivity contribution in [1.29, 1.82) is 0 Å². The van der Waals surface area contributed by atoms with Gasteiger partial charge >= 0.3 is 0 Å². The van der Waals surface area contributed by atoms with Gasteiger partial charge < -0.3 is 4.57 Å². The molecular formula is C14H10ClN3O2S. The number of rotatable bonds is 2. The van der Waals surface area contributed by atoms with Crippen molar-refractivity contribution in [3.05, 3.63) is 57.5 Å². The highest BCUT2D eigenvalue weighted by molar-refractivity contribution is 7.22. The summed E-state index contributed by atoms with van der Waals surface area (Å²) in [6.45, 7) is 0. The first-order valence-electron chi connectivity index (χ1n) is 6.08. The second kappa shape index (κ2) is 5.31. The maximum absolute atomic E-state index is 12.1. The second-order valence-corrected chi connectivity index (χ2v) is 5.89. The largest absolute Gasteiger partial charge is 0.318 e. The normalized spacial score (nSPS) is 10.8. The van der Waals surface area contributed by atoms with Crippen molar-refractivity contribution in [1.82, 2.24) is 9.55 Å². The highest BCUT2D eigenvalue weighted by atomic mass is 35.5. The van der Waals surface area contributed by atoms with E-state index in [0.29, 0.717) is 10.2 Å². The molecule has 2 heterocycles. The number of carbonyl (C=O) groups is 1. The number of benzene rings is 1. The van der Waals surface area contributed by atoms with E-state index in [2.05, 4.69) is 10.3 Å². The molecule has 1 aromatic carbocycles. The van der Waals surface area contributed by atoms with E-state index in [1.807, 2.05) is 0 Å². The maximum atomic E-state index is 12.1. The van der Waals surface area contributed by atoms with E-state index in [0.717, 1.165) is 10.2 Å². The molecule has 2 aromatic heterocycles. The molecule has 0 atom stereocenters. The Balaban J connectivity index is 1.92. The SMILES string of the molecule is Cn1cccc(C(=O)Nc2nc3ccc(Cl)cc3s2)c1=O. The molecule has 0 saturated carbocycles. The number of nitrogens with zero attached hydrogens (tertiary/aromatic N) is 2. The number of fused-ring (bicyclic) bond motifs is 1. The molecule has 0 bridgehead atoms. The van der Waals surface area contributed by atoms with Crippen molar-refractivity contribution in [2.45, 2.75) is 0 Å². The number of amides is 1. The third-order valence-electron chi connectivity index (χ3n) is 2.94. The van der Waals surface area contributed by atoms with Crippen LogP contribution in [0.3, 0.4) is 0 Å². The number of anilines is 1. The summed E-state index contributed by atoms with van der Waals surface area (Å²) in [5, 5.41) is 3.69. The Kier molecular flexibility index (Phi) is 3.48. The fourth-order valence-corrected chi connectivity index (χ4v) is 3.02. The van der Waals surface area contributed by atoms with Crippen molar-refractivity contribution in [3.8, 4) is 0 Å². The minimum atomic E-state index is -0.471. The lowest BCUT2D eigenvalue weighted by Crippen LogP contribution is -2.26. The Morgan fingerprint density at radius 3 is 3.00 bits per heavy atom. The topological polar surface area (TPSA) is 64.0 Å². The predicted octanol–water partition coefficient (Wildman–Crippen LogP) is 2.90. The lowest BCUT2D eigenvalue weighted by molar-refractivity contribution is 0.102. The summed E-state index contributed by atoms with van der Waals surface area (Å²) in [5.41, 5.74) is 0.483. The summed E-state index contributed by atoms with van der Waals surface area (Å²) >= 11 is 7.22. The smallest absolute Gasteiger partial charge is 0.263 e. The van der Waals surface area contributed by atoms with Crippen LogP contribution in [-0.2, 0) is 7.05 Å². The first kappa shape index (κ1) is 13.8. The summed E-state index contributed by atoms with van der Waals surface area (Å²) in [4.78, 5) is 28.3. The molecule has 5 nitrogen and oxygen atoms in total. The molecule has 1 N–H and O–H groups in total. The first-order chi connectivity index (χ1) is 10.0. The van der Waals surface area contributed by atoms with Crippen LogP contribution in [0.1, 0.15) is 10.4 Å². The van der Waals surface area contributed by atoms with Gasteiger partial charge in [-0.3, -0.25) is 14.9 Å². The maximum Gasteiger partial charge on any atom is 0.263 e. The lowest BCUT2D eigenvalue weighted by atomic mass is 10.2. The monoisotopic (exact) mass is 319 g/mol. The van der Waals surface area contributed by atoms with Crippen LogP contribution in [0.5, 0.6) is 0 Å². The number of pyridine rings is 1. The second-order valence-electron chi connectivity index (χ2n) is 4.42. The van der Waals surface area contributed by atoms with E-state index in [4.69, 9.17) is 11.6 Å². The van der Waals surface area contributed by atoms with E-state index < -0.39 is 5.91 Å². The summed E-state index contributed by atoms with van der Waals surface area (Å²) in [7, 11) is 1.60. The zero-order chi connectivity index (χ0) is 15.0. The lowest BCUT2D eigenvalue weighted by Gasteiger charge is -2.02. The summed E-state index contributed by atoms with van der Waals surface area (Å²) in [5.74, 6) is -0.471. The number of hydrogen-bond acceptors (Lipinski definition) is 4. The molecule has 7 heteroatoms. The molecule has 0 saturated heterocycles. The number of carbonyl (C=O) groups excluding carboxylic acids is 1. The third kappa shape index (κ3) is 2.68. The predicted molar refractivity (Wildman–Crippen MR) is 84.3 cm³/mol. The third-order valence-corrected chi connectivity index (χ3v) is 4.11. The van der Waals surface area contributed by atoms with Gasteiger partial charge in [-0.2, -0.15) is 0 Å². The van der Waals surface area contributed by atoms with Crippen LogP contribution in [0.25, 0.3) is 10.2 Å². The van der Waals surface area contributed by atoms with Crippen LogP contribution in [-0.4, -0.2) is 15.5 Å². The number of halogens is 1. The van der Waals surface area contributed by atoms with Crippen LogP contribution in [0.4, 0.5) is 5.13 Å². The number of thiazole rings is 1. The molecule has 3 rings (SSSR count). The molecule has 0 fully saturated rings. The van der Waals surface area contributed by atoms with Gasteiger partial charge in [0.1, 0.15) is 5.56 Å². The number of hydrogen-bond donors (Lipinski definition) is 1. The van der Waals surface area contributed by atoms with Gasteiger partial charge in [0, 0.05) is 18.3 Å². The Morgan fingerprint density at radius 2 is 2.19 bits per heavy atom. The molecule has 0 spiro atoms. The van der Waals surface area contributed by atoms with E-state index in [1.165, 1.54) is 22.0 Å². The molecule has 3 aromatic rings. The van der Waals surface area contributed by atoms with E-state index >= 15 is 0 Å². The summed E-state index contributed by atoms with van der Waals surface area (Å²) < 4.78 is 2.23. The molecular weight excluding hydrogens is 310 g/mol. The highest BCUT2D eigenvalue weighted by Gasteiger charge is 2.13. The number of aryl methyl sites for hydroxylation is 1. The molecule has 0 aliphatic carbocycles. The Bertz CT molecular complexity index is 901. The number of nitrogens with one attached hydrogen (secondary N) is 1. The molecule has 1 amide bonds. The van der Waals surface area contributed by atoms with E-state index in [-0.39, 0.29) is 11.1 Å². The van der Waals surface area contributed by atoms with Gasteiger partial charge in [-0.1, -0.05) is 22.9 Å². The van der Waals surface area contributed by atoms with Crippen LogP contribution in [0, 0.1) is 0 Å². The molecule has 0 aliphatic rings. The van der Waals surface area contributed by atoms with Crippen molar-refractivity contribution in [3.63, 3.8) is 0 Å². The quantitative estimate of drug-likeness (QED) is 0.790. The van der Waals surface area contributed by atoms with Crippen LogP contribution < -0.4 is 10.9 Å². The van der Waals surface area contributed by atoms with Crippen molar-refractivity contribution < 1.29 is 4.79 Å². The molecule has 0 unspecified atom stereocenters. The van der Waals surface area contributed by atoms with Gasteiger partial charge in [-0.15, -0.1) is 0 Å². The van der Waals surface area contributed by atoms with E-state index in [1.54, 1.807) is 37.5 Å². The van der Waals surface area contributed by atoms with Crippen molar-refractivity contribution in [2.24, 2.45) is 7.05 Å². The van der Waals surface area contributed by atoms with Gasteiger partial charge in [0.05, 0.1) is 10.2 Å². The van der Waals surface area contributed by atoms with Gasteiger partial charge in [-0.25, -0.2) is 4.98 Å². The first-order valence-corrected chi connectivity index (χ1v) is 7.27. The molecule has 21 heavy (non-hydrogen) atoms. The van der Waals surface area contributed by atoms with Gasteiger partial charge in [-0.05, 0) is 30.3 Å². The fourth-order valence-electron chi connectivity index (χ4n) is 1.89. The zero-order valence-corrected chi connectivity index (χ0v) is 12.5. The van der Waals surface area contributed by atoms with Crippen molar-refractivity contribution in [2.75, 3.05) is 5.32 Å². The van der Waals surface area contributed by atoms with Crippen LogP contribution in [0.15, 0.2) is 41.3 Å². The minimum absolute atomic E-state index is 0.0808. The van der Waals surface area contributed by atoms with Gasteiger partial charge in [0.2, 0.25) is 0 Å². The Hall–Kier alpha value is -2.18. The summed E-state index contributed by atoms with van der Waals surface area (Å²) in [6.07, 6.45) is 1.60. The van der Waals surface area contributed by atoms with Gasteiger partial charge in [0.25, 0.3) is 11.5 Å². The zero-order valence-electron chi connectivity index (χ0n) is 11.0. The van der Waals surface area contributed by atoms with Crippen molar-refractivity contribution >= 4 is 44.2 Å². The van der Waals surface area contributed by atoms with Crippen LogP contribution >= 0.6 is 22.9 Å². The number of aromatic nitrogens is 2. The van der Waals surface area contributed by atoms with Crippen LogP contribution in [0.2, 0.25) is 5.02 Å². The molecule has 0 aliphatic heterocycles. The summed E-state index contributed by atoms with van der Waals surface area (Å²) in [6, 6.07) is 8.44. The molecule has 0 radical (unpaired) electrons. The standard InChI is InChI=1S/C14H10ClN3O2S/c1-18-6-2-3-9(13(18)20)12(19)17-14-16-10-5-4-8(15)7-11(10)21-14/h2-7H,1H3,(H,16,17,19). The fraction of sp³-hybridized carbons (Fsp3) is 0.0714. The van der Waals surface area contributed by atoms with E-state index in [9.17, 15) is 9.59 Å². The average Bonchev–Trinajstić information content (AvgIpc) is 2.83.